The minimum Gasteiger partial charge on any atom is -0.455 e. The summed E-state index contributed by atoms with van der Waals surface area (Å²) in [6.07, 6.45) is -0.359. The average molecular weight is 849 g/mol. The molecule has 0 spiro atoms. The first kappa shape index (κ1) is 36.2. The Morgan fingerprint density at radius 3 is 2.09 bits per heavy atom. The van der Waals surface area contributed by atoms with Crippen molar-refractivity contribution in [2.75, 3.05) is 0 Å². The van der Waals surface area contributed by atoms with E-state index in [-0.39, 0.29) is 6.17 Å². The number of fused-ring (bicyclic) bond motifs is 12. The van der Waals surface area contributed by atoms with Gasteiger partial charge in [-0.15, -0.1) is 11.3 Å². The second-order valence-corrected chi connectivity index (χ2v) is 18.0. The van der Waals surface area contributed by atoms with Crippen LogP contribution in [0.3, 0.4) is 0 Å². The summed E-state index contributed by atoms with van der Waals surface area (Å²) in [7, 11) is 0. The van der Waals surface area contributed by atoms with Crippen LogP contribution in [0.5, 0.6) is 0 Å². The van der Waals surface area contributed by atoms with Crippen LogP contribution in [0.15, 0.2) is 221 Å². The lowest BCUT2D eigenvalue weighted by Crippen LogP contribution is -2.33. The maximum atomic E-state index is 6.82. The number of hydrogen-bond acceptors (Lipinski definition) is 5. The van der Waals surface area contributed by atoms with Crippen LogP contribution in [0, 0.1) is 0 Å². The number of furan rings is 1. The van der Waals surface area contributed by atoms with Crippen LogP contribution < -0.4 is 5.32 Å². The smallest absolute Gasteiger partial charge is 0.159 e. The Bertz CT molecular complexity index is 4170. The summed E-state index contributed by atoms with van der Waals surface area (Å²) >= 11 is 1.82. The third-order valence-electron chi connectivity index (χ3n) is 13.2. The molecule has 3 aromatic heterocycles. The fourth-order valence-electron chi connectivity index (χ4n) is 10.3. The molecule has 0 aliphatic carbocycles. The molecule has 0 fully saturated rings. The lowest BCUT2D eigenvalue weighted by atomic mass is 9.95. The Labute approximate surface area is 376 Å². The number of hydrogen-bond donors (Lipinski definition) is 1. The maximum absolute atomic E-state index is 6.82. The number of nitrogens with one attached hydrogen (secondary N) is 1. The molecule has 0 radical (unpaired) electrons. The van der Waals surface area contributed by atoms with Crippen molar-refractivity contribution in [2.24, 2.45) is 9.98 Å². The summed E-state index contributed by atoms with van der Waals surface area (Å²) in [6, 6.07) is 73.9. The molecule has 1 aliphatic rings. The highest BCUT2D eigenvalue weighted by Crippen LogP contribution is 2.44. The summed E-state index contributed by atoms with van der Waals surface area (Å²) in [5, 5.41) is 15.5. The second kappa shape index (κ2) is 14.1. The van der Waals surface area contributed by atoms with Gasteiger partial charge >= 0.3 is 0 Å². The van der Waals surface area contributed by atoms with Crippen molar-refractivity contribution in [3.63, 3.8) is 0 Å². The first-order chi connectivity index (χ1) is 32.2. The van der Waals surface area contributed by atoms with Crippen molar-refractivity contribution in [1.82, 2.24) is 9.88 Å². The molecule has 5 nitrogen and oxygen atoms in total. The van der Waals surface area contributed by atoms with E-state index in [4.69, 9.17) is 14.4 Å². The number of aromatic nitrogens is 1. The van der Waals surface area contributed by atoms with Crippen LogP contribution in [0.4, 0.5) is 0 Å². The zero-order valence-electron chi connectivity index (χ0n) is 34.9. The quantitative estimate of drug-likeness (QED) is 0.188. The first-order valence-electron chi connectivity index (χ1n) is 22.0. The van der Waals surface area contributed by atoms with Crippen LogP contribution >= 0.6 is 11.3 Å². The predicted octanol–water partition coefficient (Wildman–Crippen LogP) is 15.5. The van der Waals surface area contributed by atoms with E-state index in [0.717, 1.165) is 83.1 Å². The third-order valence-corrected chi connectivity index (χ3v) is 14.4. The minimum absolute atomic E-state index is 0.359. The molecule has 1 unspecified atom stereocenters. The summed E-state index contributed by atoms with van der Waals surface area (Å²) in [4.78, 5) is 10.9. The fraction of sp³-hybridized carbons (Fsp3) is 0.0169. The number of nitrogens with zero attached hydrogens (tertiary/aromatic N) is 3. The molecule has 0 saturated heterocycles. The van der Waals surface area contributed by atoms with Crippen LogP contribution in [0.1, 0.15) is 22.9 Å². The molecule has 14 rings (SSSR count). The molecule has 1 atom stereocenters. The van der Waals surface area contributed by atoms with E-state index >= 15 is 0 Å². The van der Waals surface area contributed by atoms with E-state index in [1.807, 2.05) is 11.3 Å². The predicted molar refractivity (Wildman–Crippen MR) is 273 cm³/mol. The van der Waals surface area contributed by atoms with Gasteiger partial charge in [0.1, 0.15) is 23.2 Å². The summed E-state index contributed by atoms with van der Waals surface area (Å²) in [6.45, 7) is 0. The first-order valence-corrected chi connectivity index (χ1v) is 22.8. The maximum Gasteiger partial charge on any atom is 0.159 e. The number of aliphatic imine (C=N–C) groups is 2. The summed E-state index contributed by atoms with van der Waals surface area (Å²) in [5.41, 5.74) is 10.3. The van der Waals surface area contributed by atoms with E-state index in [1.54, 1.807) is 0 Å². The van der Waals surface area contributed by atoms with E-state index in [2.05, 4.69) is 216 Å². The average Bonchev–Trinajstić information content (AvgIpc) is 4.05. The number of rotatable bonds is 5. The molecule has 304 valence electrons. The van der Waals surface area contributed by atoms with Crippen molar-refractivity contribution in [1.29, 1.82) is 0 Å². The minimum atomic E-state index is -0.359. The topological polar surface area (TPSA) is 54.8 Å². The number of thiophene rings is 1. The van der Waals surface area contributed by atoms with Crippen molar-refractivity contribution < 1.29 is 4.42 Å². The molecule has 4 heterocycles. The molecular formula is C59H36N4OS. The molecule has 65 heavy (non-hydrogen) atoms. The summed E-state index contributed by atoms with van der Waals surface area (Å²) < 4.78 is 11.7. The Kier molecular flexibility index (Phi) is 7.85. The third kappa shape index (κ3) is 5.57. The van der Waals surface area contributed by atoms with Crippen molar-refractivity contribution in [3.8, 4) is 16.8 Å². The van der Waals surface area contributed by atoms with Gasteiger partial charge in [0.05, 0.1) is 16.7 Å². The summed E-state index contributed by atoms with van der Waals surface area (Å²) in [5.74, 6) is 1.47. The zero-order chi connectivity index (χ0) is 42.6. The van der Waals surface area contributed by atoms with E-state index in [0.29, 0.717) is 5.84 Å². The van der Waals surface area contributed by atoms with E-state index < -0.39 is 0 Å². The van der Waals surface area contributed by atoms with Crippen LogP contribution in [0.2, 0.25) is 0 Å². The normalized spacial score (nSPS) is 14.3. The van der Waals surface area contributed by atoms with Gasteiger partial charge in [-0.3, -0.25) is 0 Å². The Balaban J connectivity index is 1.06. The van der Waals surface area contributed by atoms with Gasteiger partial charge in [-0.25, -0.2) is 9.98 Å². The number of benzene rings is 10. The Morgan fingerprint density at radius 1 is 0.477 bits per heavy atom. The standard InChI is InChI=1S/C59H36N4OS/c1-2-15-36(16-3-1)57-60-58(62-59(61-57)45-23-13-27-53-55(45)43-21-9-11-26-52(43)65-53)39-29-31-49(63-48-24-10-8-20-41(48)46-32-37-17-4-5-18-38(37)34-50(46)63)47(33-39)42-22-12-25-51-54(42)44-30-28-35-14-6-7-19-40(35)56(44)64-51/h1-34,57H,(H,60,61,62). The SMILES string of the molecule is c1ccc(C2N=C(c3ccc(-n4c5ccccc5c5cc6ccccc6cc54)c(-c4cccc5oc6c7ccccc7ccc6c45)c3)N=C(c3cccc4sc5ccccc5c34)N2)cc1. The van der Waals surface area contributed by atoms with Gasteiger partial charge in [-0.2, -0.15) is 0 Å². The van der Waals surface area contributed by atoms with Crippen LogP contribution in [0.25, 0.3) is 102 Å². The Morgan fingerprint density at radius 2 is 1.20 bits per heavy atom. The van der Waals surface area contributed by atoms with Gasteiger partial charge in [0.15, 0.2) is 5.84 Å². The Hall–Kier alpha value is -8.32. The van der Waals surface area contributed by atoms with Gasteiger partial charge in [0.25, 0.3) is 0 Å². The lowest BCUT2D eigenvalue weighted by Gasteiger charge is -2.24. The lowest BCUT2D eigenvalue weighted by molar-refractivity contribution is 0.673. The zero-order valence-corrected chi connectivity index (χ0v) is 35.7. The van der Waals surface area contributed by atoms with Crippen LogP contribution in [-0.4, -0.2) is 16.2 Å². The van der Waals surface area contributed by atoms with Crippen molar-refractivity contribution in [3.05, 3.63) is 223 Å². The second-order valence-electron chi connectivity index (χ2n) is 16.9. The number of amidine groups is 2. The molecule has 10 aromatic carbocycles. The largest absolute Gasteiger partial charge is 0.455 e. The van der Waals surface area contributed by atoms with Gasteiger partial charge in [-0.1, -0.05) is 146 Å². The van der Waals surface area contributed by atoms with E-state index in [9.17, 15) is 0 Å². The van der Waals surface area contributed by atoms with Gasteiger partial charge in [0, 0.05) is 63.8 Å². The highest BCUT2D eigenvalue weighted by molar-refractivity contribution is 7.25. The highest BCUT2D eigenvalue weighted by Gasteiger charge is 2.26. The molecule has 1 aliphatic heterocycles. The molecule has 1 N–H and O–H groups in total. The van der Waals surface area contributed by atoms with Crippen molar-refractivity contribution >= 4 is 108 Å². The van der Waals surface area contributed by atoms with Gasteiger partial charge in [0.2, 0.25) is 0 Å². The molecule has 0 bridgehead atoms. The highest BCUT2D eigenvalue weighted by atomic mass is 32.1. The monoisotopic (exact) mass is 848 g/mol. The van der Waals surface area contributed by atoms with Crippen molar-refractivity contribution in [2.45, 2.75) is 6.17 Å². The molecule has 13 aromatic rings. The van der Waals surface area contributed by atoms with E-state index in [1.165, 1.54) is 41.7 Å². The fourth-order valence-corrected chi connectivity index (χ4v) is 11.4. The number of para-hydroxylation sites is 1. The molecule has 0 saturated carbocycles. The van der Waals surface area contributed by atoms with Crippen LogP contribution in [-0.2, 0) is 0 Å². The molecular weight excluding hydrogens is 813 g/mol. The molecule has 0 amide bonds. The van der Waals surface area contributed by atoms with Gasteiger partial charge < -0.3 is 14.3 Å². The molecule has 6 heteroatoms. The van der Waals surface area contributed by atoms with Gasteiger partial charge in [-0.05, 0) is 87.9 Å².